The maximum absolute atomic E-state index is 12.8. The van der Waals surface area contributed by atoms with Crippen molar-refractivity contribution in [2.75, 3.05) is 5.32 Å². The fourth-order valence-electron chi connectivity index (χ4n) is 3.81. The normalized spacial score (nSPS) is 22.6. The topological polar surface area (TPSA) is 41.1 Å². The van der Waals surface area contributed by atoms with E-state index in [0.29, 0.717) is 0 Å². The number of carbonyl (C=O) groups is 1. The second kappa shape index (κ2) is 5.87. The van der Waals surface area contributed by atoms with Crippen LogP contribution in [0.3, 0.4) is 0 Å². The van der Waals surface area contributed by atoms with Crippen LogP contribution < -0.4 is 10.6 Å². The lowest BCUT2D eigenvalue weighted by Gasteiger charge is -2.28. The molecule has 1 aliphatic heterocycles. The Kier molecular flexibility index (Phi) is 3.91. The van der Waals surface area contributed by atoms with Crippen LogP contribution in [0.5, 0.6) is 0 Å². The fraction of sp³-hybridized carbons (Fsp3) is 0.476. The third kappa shape index (κ3) is 2.97. The van der Waals surface area contributed by atoms with Gasteiger partial charge in [0.15, 0.2) is 0 Å². The first-order chi connectivity index (χ1) is 11.8. The van der Waals surface area contributed by atoms with Crippen LogP contribution in [0.2, 0.25) is 0 Å². The zero-order valence-corrected chi connectivity index (χ0v) is 16.2. The van der Waals surface area contributed by atoms with Gasteiger partial charge in [-0.05, 0) is 47.3 Å². The van der Waals surface area contributed by atoms with Gasteiger partial charge in [-0.2, -0.15) is 0 Å². The average molecular weight is 355 g/mol. The van der Waals surface area contributed by atoms with E-state index in [1.54, 1.807) is 11.3 Å². The Hall–Kier alpha value is -1.81. The minimum Gasteiger partial charge on any atom is -0.353 e. The third-order valence-electron chi connectivity index (χ3n) is 5.40. The van der Waals surface area contributed by atoms with Crippen molar-refractivity contribution in [3.05, 3.63) is 51.4 Å². The fourth-order valence-corrected chi connectivity index (χ4v) is 5.24. The van der Waals surface area contributed by atoms with Crippen LogP contribution in [0, 0.1) is 5.92 Å². The number of rotatable bonds is 1. The Bertz CT molecular complexity index is 814. The maximum atomic E-state index is 12.8. The summed E-state index contributed by atoms with van der Waals surface area (Å²) >= 11 is 1.78. The Morgan fingerprint density at radius 1 is 1.12 bits per heavy atom. The second-order valence-corrected chi connectivity index (χ2v) is 9.58. The molecule has 0 bridgehead atoms. The highest BCUT2D eigenvalue weighted by Gasteiger charge is 2.33. The standard InChI is InChI=1S/C21H26N2OS/c1-12-5-10-15-16(11-12)25-20-17(15)19(24)22-18(23-20)13-6-8-14(9-7-13)21(2,3)4/h6-9,12,18,23H,5,10-11H2,1-4H3,(H,22,24). The number of nitrogens with one attached hydrogen (secondary N) is 2. The van der Waals surface area contributed by atoms with Crippen molar-refractivity contribution in [1.82, 2.24) is 5.32 Å². The Morgan fingerprint density at radius 3 is 2.52 bits per heavy atom. The van der Waals surface area contributed by atoms with Gasteiger partial charge in [0.2, 0.25) is 0 Å². The van der Waals surface area contributed by atoms with Crippen molar-refractivity contribution in [3.63, 3.8) is 0 Å². The van der Waals surface area contributed by atoms with E-state index < -0.39 is 0 Å². The van der Waals surface area contributed by atoms with Crippen molar-refractivity contribution in [2.45, 2.75) is 58.5 Å². The second-order valence-electron chi connectivity index (χ2n) is 8.48. The highest BCUT2D eigenvalue weighted by molar-refractivity contribution is 7.16. The van der Waals surface area contributed by atoms with E-state index in [2.05, 4.69) is 62.6 Å². The molecule has 2 aromatic rings. The van der Waals surface area contributed by atoms with E-state index >= 15 is 0 Å². The molecule has 0 spiro atoms. The monoisotopic (exact) mass is 354 g/mol. The van der Waals surface area contributed by atoms with Crippen LogP contribution in [0.4, 0.5) is 5.00 Å². The van der Waals surface area contributed by atoms with Crippen molar-refractivity contribution in [3.8, 4) is 0 Å². The van der Waals surface area contributed by atoms with Crippen LogP contribution in [0.15, 0.2) is 24.3 Å². The summed E-state index contributed by atoms with van der Waals surface area (Å²) in [7, 11) is 0. The van der Waals surface area contributed by atoms with Gasteiger partial charge in [-0.3, -0.25) is 4.79 Å². The van der Waals surface area contributed by atoms with E-state index in [0.717, 1.165) is 34.9 Å². The Labute approximate surface area is 153 Å². The van der Waals surface area contributed by atoms with Crippen LogP contribution in [-0.4, -0.2) is 5.91 Å². The first-order valence-corrected chi connectivity index (χ1v) is 9.97. The van der Waals surface area contributed by atoms with E-state index in [1.165, 1.54) is 22.4 Å². The predicted octanol–water partition coefficient (Wildman–Crippen LogP) is 5.02. The highest BCUT2D eigenvalue weighted by atomic mass is 32.1. The number of carbonyl (C=O) groups excluding carboxylic acids is 1. The highest BCUT2D eigenvalue weighted by Crippen LogP contribution is 2.42. The third-order valence-corrected chi connectivity index (χ3v) is 6.59. The van der Waals surface area contributed by atoms with Gasteiger partial charge in [0.1, 0.15) is 11.2 Å². The summed E-state index contributed by atoms with van der Waals surface area (Å²) < 4.78 is 0. The van der Waals surface area contributed by atoms with Crippen LogP contribution in [-0.2, 0) is 18.3 Å². The number of hydrogen-bond acceptors (Lipinski definition) is 3. The van der Waals surface area contributed by atoms with E-state index in [1.807, 2.05) is 0 Å². The number of benzene rings is 1. The van der Waals surface area contributed by atoms with E-state index in [-0.39, 0.29) is 17.5 Å². The van der Waals surface area contributed by atoms with Gasteiger partial charge in [0, 0.05) is 4.88 Å². The van der Waals surface area contributed by atoms with Gasteiger partial charge in [0.25, 0.3) is 5.91 Å². The van der Waals surface area contributed by atoms with Crippen molar-refractivity contribution >= 4 is 22.2 Å². The summed E-state index contributed by atoms with van der Waals surface area (Å²) in [5, 5.41) is 7.76. The van der Waals surface area contributed by atoms with Crippen molar-refractivity contribution < 1.29 is 4.79 Å². The molecule has 2 heterocycles. The molecule has 4 rings (SSSR count). The summed E-state index contributed by atoms with van der Waals surface area (Å²) in [4.78, 5) is 14.2. The van der Waals surface area contributed by atoms with Gasteiger partial charge >= 0.3 is 0 Å². The molecule has 2 unspecified atom stereocenters. The lowest BCUT2D eigenvalue weighted by molar-refractivity contribution is 0.0935. The molecule has 4 heteroatoms. The molecule has 1 aromatic carbocycles. The van der Waals surface area contributed by atoms with Gasteiger partial charge in [-0.15, -0.1) is 11.3 Å². The minimum absolute atomic E-state index is 0.0747. The lowest BCUT2D eigenvalue weighted by atomic mass is 9.86. The quantitative estimate of drug-likeness (QED) is 0.754. The zero-order valence-electron chi connectivity index (χ0n) is 15.4. The van der Waals surface area contributed by atoms with Gasteiger partial charge in [-0.25, -0.2) is 0 Å². The number of anilines is 1. The smallest absolute Gasteiger partial charge is 0.256 e. The molecule has 1 amide bonds. The number of fused-ring (bicyclic) bond motifs is 3. The number of thiophene rings is 1. The molecule has 0 fully saturated rings. The lowest BCUT2D eigenvalue weighted by Crippen LogP contribution is -2.38. The molecule has 132 valence electrons. The molecule has 0 radical (unpaired) electrons. The van der Waals surface area contributed by atoms with Crippen LogP contribution in [0.1, 0.15) is 72.2 Å². The average Bonchev–Trinajstić information content (AvgIpc) is 2.91. The Morgan fingerprint density at radius 2 is 1.84 bits per heavy atom. The summed E-state index contributed by atoms with van der Waals surface area (Å²) in [6.45, 7) is 8.94. The Balaban J connectivity index is 1.63. The molecule has 3 nitrogen and oxygen atoms in total. The zero-order chi connectivity index (χ0) is 17.8. The number of amides is 1. The predicted molar refractivity (Wildman–Crippen MR) is 104 cm³/mol. The molecular formula is C21H26N2OS. The molecule has 25 heavy (non-hydrogen) atoms. The van der Waals surface area contributed by atoms with Crippen molar-refractivity contribution in [1.29, 1.82) is 0 Å². The molecular weight excluding hydrogens is 328 g/mol. The molecule has 2 aliphatic rings. The van der Waals surface area contributed by atoms with E-state index in [9.17, 15) is 4.79 Å². The molecule has 0 saturated carbocycles. The maximum Gasteiger partial charge on any atom is 0.256 e. The summed E-state index contributed by atoms with van der Waals surface area (Å²) in [6.07, 6.45) is 3.17. The first kappa shape index (κ1) is 16.6. The summed E-state index contributed by atoms with van der Waals surface area (Å²) in [6, 6.07) is 8.58. The first-order valence-electron chi connectivity index (χ1n) is 9.15. The SMILES string of the molecule is CC1CCc2c(sc3c2C(=O)NC(c2ccc(C(C)(C)C)cc2)N3)C1. The minimum atomic E-state index is -0.147. The molecule has 1 aromatic heterocycles. The molecule has 2 atom stereocenters. The summed E-state index contributed by atoms with van der Waals surface area (Å²) in [5.74, 6) is 0.794. The van der Waals surface area contributed by atoms with Gasteiger partial charge in [-0.1, -0.05) is 52.0 Å². The van der Waals surface area contributed by atoms with Crippen molar-refractivity contribution in [2.24, 2.45) is 5.92 Å². The molecule has 2 N–H and O–H groups in total. The van der Waals surface area contributed by atoms with Crippen LogP contribution >= 0.6 is 11.3 Å². The molecule has 0 saturated heterocycles. The van der Waals surface area contributed by atoms with Gasteiger partial charge in [0.05, 0.1) is 5.56 Å². The van der Waals surface area contributed by atoms with Gasteiger partial charge < -0.3 is 10.6 Å². The number of hydrogen-bond donors (Lipinski definition) is 2. The summed E-state index contributed by atoms with van der Waals surface area (Å²) in [5.41, 5.74) is 4.73. The van der Waals surface area contributed by atoms with Crippen LogP contribution in [0.25, 0.3) is 0 Å². The largest absolute Gasteiger partial charge is 0.353 e. The molecule has 1 aliphatic carbocycles. The van der Waals surface area contributed by atoms with E-state index in [4.69, 9.17) is 0 Å².